The number of carbonyl (C=O) groups excluding carboxylic acids is 2. The molecule has 4 heterocycles. The molecule has 10 rings (SSSR count). The fourth-order valence-corrected chi connectivity index (χ4v) is 14.8. The minimum absolute atomic E-state index is 0.0314. The van der Waals surface area contributed by atoms with E-state index in [1.54, 1.807) is 24.5 Å². The summed E-state index contributed by atoms with van der Waals surface area (Å²) in [5.41, 5.74) is 4.59. The lowest BCUT2D eigenvalue weighted by Crippen LogP contribution is -2.51. The second kappa shape index (κ2) is 15.3. The van der Waals surface area contributed by atoms with Crippen molar-refractivity contribution < 1.29 is 28.6 Å². The standard InChI is InChI=1S/C53H68FN3O6/c1-9-53(61)40-23-44-47-35(25-57(44)48(58)36(40)26-62-49(53)59)46-42(17-14-33-30(6)41(54)24-43(55-47)45(33)46)56-50(60)63-32-18-20-51(7)31(22-32)12-13-34-38-16-15-37(52(38,8)21-19-39(34)51)29(5)11-10-28(4)27(2)3/h12,23-24,27-29,32,34,37-39,42,61H,9-11,13-22,25-26H2,1-8H3,(H,56,60)/t28-,29-,32?,34+,37-,38+,39+,42+,51+,52-,53+/m1/s1. The van der Waals surface area contributed by atoms with Gasteiger partial charge in [0.2, 0.25) is 0 Å². The monoisotopic (exact) mass is 862 g/mol. The maximum atomic E-state index is 15.5. The van der Waals surface area contributed by atoms with Gasteiger partial charge in [-0.1, -0.05) is 73.0 Å². The summed E-state index contributed by atoms with van der Waals surface area (Å²) < 4.78 is 28.7. The number of hydrogen-bond acceptors (Lipinski definition) is 7. The maximum Gasteiger partial charge on any atom is 0.407 e. The Morgan fingerprint density at radius 2 is 1.83 bits per heavy atom. The molecule has 11 atom stereocenters. The van der Waals surface area contributed by atoms with Crippen molar-refractivity contribution in [3.05, 3.63) is 73.3 Å². The number of allylic oxidation sites excluding steroid dienone is 1. The molecule has 1 aromatic carbocycles. The SMILES string of the molecule is CC[C@@]1(O)C(=O)OCc2c1cc1n(c2=O)Cc2c-1nc1cc(F)c(C)c3c1c2[C@@H](NC(=O)OC1CC[C@@]2(C)C(=CC[C@H]4[C@@H]5CC[C@H]([C@H](C)CC[C@@H](C)C(C)C)[C@@]5(C)CC[C@@H]42)C1)CC3. The summed E-state index contributed by atoms with van der Waals surface area (Å²) in [6.45, 7) is 18.3. The van der Waals surface area contributed by atoms with Gasteiger partial charge < -0.3 is 24.5 Å². The van der Waals surface area contributed by atoms with Crippen molar-refractivity contribution in [2.24, 2.45) is 52.3 Å². The number of carbonyl (C=O) groups is 2. The Morgan fingerprint density at radius 3 is 2.59 bits per heavy atom. The predicted molar refractivity (Wildman–Crippen MR) is 241 cm³/mol. The van der Waals surface area contributed by atoms with Gasteiger partial charge in [-0.15, -0.1) is 0 Å². The van der Waals surface area contributed by atoms with Crippen LogP contribution in [0, 0.1) is 65.0 Å². The number of ether oxygens (including phenoxy) is 2. The summed E-state index contributed by atoms with van der Waals surface area (Å²) in [7, 11) is 0. The van der Waals surface area contributed by atoms with Gasteiger partial charge in [-0.25, -0.2) is 19.0 Å². The molecule has 1 unspecified atom stereocenters. The van der Waals surface area contributed by atoms with Gasteiger partial charge in [-0.3, -0.25) is 4.79 Å². The number of esters is 1. The van der Waals surface area contributed by atoms with E-state index in [1.165, 1.54) is 50.2 Å². The lowest BCUT2D eigenvalue weighted by molar-refractivity contribution is -0.172. The van der Waals surface area contributed by atoms with Crippen molar-refractivity contribution in [1.82, 2.24) is 14.9 Å². The number of pyridine rings is 2. The van der Waals surface area contributed by atoms with Gasteiger partial charge in [-0.05, 0) is 146 Å². The average molecular weight is 862 g/mol. The van der Waals surface area contributed by atoms with Crippen molar-refractivity contribution in [2.45, 2.75) is 170 Å². The normalized spacial score (nSPS) is 33.6. The summed E-state index contributed by atoms with van der Waals surface area (Å²) >= 11 is 0. The molecule has 3 fully saturated rings. The third kappa shape index (κ3) is 6.43. The number of aliphatic hydroxyl groups is 1. The van der Waals surface area contributed by atoms with Crippen LogP contribution in [0.4, 0.5) is 9.18 Å². The maximum absolute atomic E-state index is 15.5. The number of halogens is 1. The molecule has 63 heavy (non-hydrogen) atoms. The first-order valence-corrected chi connectivity index (χ1v) is 24.5. The quantitative estimate of drug-likeness (QED) is 0.134. The first-order valence-electron chi connectivity index (χ1n) is 24.5. The number of aromatic nitrogens is 2. The lowest BCUT2D eigenvalue weighted by Gasteiger charge is -2.58. The summed E-state index contributed by atoms with van der Waals surface area (Å²) in [6.07, 6.45) is 14.8. The smallest absolute Gasteiger partial charge is 0.407 e. The average Bonchev–Trinajstić information content (AvgIpc) is 3.81. The predicted octanol–water partition coefficient (Wildman–Crippen LogP) is 10.9. The van der Waals surface area contributed by atoms with Crippen LogP contribution in [0.25, 0.3) is 22.3 Å². The van der Waals surface area contributed by atoms with Gasteiger partial charge in [0, 0.05) is 29.0 Å². The van der Waals surface area contributed by atoms with E-state index in [1.807, 2.05) is 0 Å². The molecule has 2 aromatic heterocycles. The molecule has 0 radical (unpaired) electrons. The van der Waals surface area contributed by atoms with E-state index in [-0.39, 0.29) is 53.6 Å². The number of amides is 1. The molecule has 338 valence electrons. The van der Waals surface area contributed by atoms with E-state index in [0.29, 0.717) is 46.6 Å². The van der Waals surface area contributed by atoms with Crippen LogP contribution < -0.4 is 10.9 Å². The fourth-order valence-electron chi connectivity index (χ4n) is 14.8. The summed E-state index contributed by atoms with van der Waals surface area (Å²) in [6, 6.07) is 2.66. The Balaban J connectivity index is 0.880. The van der Waals surface area contributed by atoms with Gasteiger partial charge in [0.1, 0.15) is 18.5 Å². The van der Waals surface area contributed by atoms with Crippen LogP contribution in [0.5, 0.6) is 0 Å². The van der Waals surface area contributed by atoms with Gasteiger partial charge in [0.05, 0.1) is 35.1 Å². The van der Waals surface area contributed by atoms with Crippen molar-refractivity contribution in [3.8, 4) is 11.4 Å². The molecule has 9 nitrogen and oxygen atoms in total. The highest BCUT2D eigenvalue weighted by Crippen LogP contribution is 2.67. The van der Waals surface area contributed by atoms with Gasteiger partial charge in [-0.2, -0.15) is 0 Å². The number of alkyl carbamates (subject to hydrolysis) is 1. The Hall–Kier alpha value is -4.05. The van der Waals surface area contributed by atoms with E-state index in [0.717, 1.165) is 83.3 Å². The van der Waals surface area contributed by atoms with Crippen LogP contribution in [0.3, 0.4) is 0 Å². The molecule has 2 N–H and O–H groups in total. The molecule has 7 aliphatic rings. The van der Waals surface area contributed by atoms with Crippen molar-refractivity contribution in [1.29, 1.82) is 0 Å². The number of hydrogen-bond donors (Lipinski definition) is 2. The zero-order valence-corrected chi connectivity index (χ0v) is 38.8. The number of aryl methyl sites for hydroxylation is 1. The molecule has 3 saturated carbocycles. The number of rotatable bonds is 8. The molecule has 3 aromatic rings. The molecule has 10 heteroatoms. The molecule has 0 bridgehead atoms. The van der Waals surface area contributed by atoms with Crippen LogP contribution in [0.2, 0.25) is 0 Å². The van der Waals surface area contributed by atoms with Crippen molar-refractivity contribution in [3.63, 3.8) is 0 Å². The number of nitrogens with one attached hydrogen (secondary N) is 1. The minimum Gasteiger partial charge on any atom is -0.458 e. The zero-order chi connectivity index (χ0) is 44.5. The Labute approximate surface area is 372 Å². The highest BCUT2D eigenvalue weighted by atomic mass is 19.1. The van der Waals surface area contributed by atoms with Crippen LogP contribution in [0.15, 0.2) is 28.6 Å². The largest absolute Gasteiger partial charge is 0.458 e. The second-order valence-corrected chi connectivity index (χ2v) is 22.1. The van der Waals surface area contributed by atoms with Gasteiger partial charge >= 0.3 is 12.1 Å². The molecule has 1 amide bonds. The minimum atomic E-state index is -1.96. The Kier molecular flexibility index (Phi) is 10.4. The lowest BCUT2D eigenvalue weighted by atomic mass is 9.47. The number of nitrogens with zero attached hydrogens (tertiary/aromatic N) is 2. The van der Waals surface area contributed by atoms with Crippen molar-refractivity contribution >= 4 is 23.0 Å². The molecular weight excluding hydrogens is 794 g/mol. The first kappa shape index (κ1) is 42.9. The van der Waals surface area contributed by atoms with Crippen LogP contribution in [0.1, 0.15) is 165 Å². The fraction of sp³-hybridized carbons (Fsp3) is 0.660. The van der Waals surface area contributed by atoms with E-state index in [9.17, 15) is 19.5 Å². The van der Waals surface area contributed by atoms with Gasteiger partial charge in [0.15, 0.2) is 5.60 Å². The van der Waals surface area contributed by atoms with Gasteiger partial charge in [0.25, 0.3) is 5.56 Å². The summed E-state index contributed by atoms with van der Waals surface area (Å²) in [5.74, 6) is 4.19. The topological polar surface area (TPSA) is 120 Å². The number of fused-ring (bicyclic) bond motifs is 10. The number of benzene rings is 1. The van der Waals surface area contributed by atoms with Crippen LogP contribution >= 0.6 is 0 Å². The Bertz CT molecular complexity index is 2510. The Morgan fingerprint density at radius 1 is 1.03 bits per heavy atom. The van der Waals surface area contributed by atoms with Crippen LogP contribution in [-0.2, 0) is 39.4 Å². The van der Waals surface area contributed by atoms with Crippen molar-refractivity contribution in [2.75, 3.05) is 0 Å². The van der Waals surface area contributed by atoms with E-state index >= 15 is 4.39 Å². The number of cyclic esters (lactones) is 1. The summed E-state index contributed by atoms with van der Waals surface area (Å²) in [5, 5.41) is 15.5. The van der Waals surface area contributed by atoms with E-state index < -0.39 is 23.7 Å². The molecular formula is C53H68FN3O6. The zero-order valence-electron chi connectivity index (χ0n) is 38.8. The third-order valence-corrected chi connectivity index (χ3v) is 19.0. The molecule has 5 aliphatic carbocycles. The van der Waals surface area contributed by atoms with Crippen LogP contribution in [-0.4, -0.2) is 32.8 Å². The third-order valence-electron chi connectivity index (χ3n) is 19.0. The van der Waals surface area contributed by atoms with E-state index in [4.69, 9.17) is 14.5 Å². The molecule has 2 aliphatic heterocycles. The highest BCUT2D eigenvalue weighted by Gasteiger charge is 2.59. The second-order valence-electron chi connectivity index (χ2n) is 22.1. The molecule has 0 saturated heterocycles. The molecule has 0 spiro atoms. The first-order chi connectivity index (χ1) is 30.0. The van der Waals surface area contributed by atoms with E-state index in [2.05, 4.69) is 52.9 Å². The highest BCUT2D eigenvalue weighted by molar-refractivity contribution is 5.93. The summed E-state index contributed by atoms with van der Waals surface area (Å²) in [4.78, 5) is 46.0.